The predicted octanol–water partition coefficient (Wildman–Crippen LogP) is 2.05. The Morgan fingerprint density at radius 2 is 2.04 bits per heavy atom. The number of sulfone groups is 1. The third-order valence-electron chi connectivity index (χ3n) is 4.19. The number of nitrogens with zero attached hydrogens (tertiary/aromatic N) is 1. The molecule has 0 bridgehead atoms. The molecule has 1 aromatic rings. The van der Waals surface area contributed by atoms with Gasteiger partial charge in [-0.1, -0.05) is 18.2 Å². The van der Waals surface area contributed by atoms with E-state index in [1.807, 2.05) is 38.1 Å². The molecule has 0 saturated carbocycles. The van der Waals surface area contributed by atoms with Crippen molar-refractivity contribution in [3.63, 3.8) is 0 Å². The topological polar surface area (TPSA) is 63.7 Å². The maximum atomic E-state index is 12.5. The number of para-hydroxylation sites is 1. The van der Waals surface area contributed by atoms with Gasteiger partial charge in [0.25, 0.3) is 0 Å². The third-order valence-corrected chi connectivity index (χ3v) is 5.94. The molecule has 1 aromatic carbocycles. The molecular formula is C17H25NO4S. The van der Waals surface area contributed by atoms with Crippen LogP contribution in [-0.4, -0.2) is 49.9 Å². The maximum absolute atomic E-state index is 12.5. The molecule has 1 saturated heterocycles. The molecule has 1 aliphatic rings. The van der Waals surface area contributed by atoms with Crippen LogP contribution in [0.5, 0.6) is 5.75 Å². The third kappa shape index (κ3) is 4.70. The first kappa shape index (κ1) is 17.8. The quantitative estimate of drug-likeness (QED) is 0.763. The maximum Gasteiger partial charge on any atom is 0.223 e. The van der Waals surface area contributed by atoms with E-state index in [0.29, 0.717) is 32.4 Å². The van der Waals surface area contributed by atoms with Crippen LogP contribution in [0, 0.1) is 0 Å². The van der Waals surface area contributed by atoms with E-state index >= 15 is 0 Å². The Morgan fingerprint density at radius 1 is 1.30 bits per heavy atom. The van der Waals surface area contributed by atoms with Crippen LogP contribution in [-0.2, 0) is 21.1 Å². The molecule has 0 aromatic heterocycles. The standard InChI is InChI=1S/C17H25NO4S/c1-3-18(15-11-12-23(20,21)13-15)17(19)10-9-14-7-5-6-8-16(14)22-4-2/h5-8,15H,3-4,9-13H2,1-2H3/t15-/m1/s1. The fourth-order valence-corrected chi connectivity index (χ4v) is 4.78. The summed E-state index contributed by atoms with van der Waals surface area (Å²) in [5.74, 6) is 1.12. The molecule has 23 heavy (non-hydrogen) atoms. The van der Waals surface area contributed by atoms with E-state index in [9.17, 15) is 13.2 Å². The molecule has 0 N–H and O–H groups in total. The highest BCUT2D eigenvalue weighted by molar-refractivity contribution is 7.91. The molecule has 1 heterocycles. The Balaban J connectivity index is 1.98. The molecule has 128 valence electrons. The first-order valence-electron chi connectivity index (χ1n) is 8.17. The van der Waals surface area contributed by atoms with Crippen LogP contribution < -0.4 is 4.74 Å². The average molecular weight is 339 g/mol. The van der Waals surface area contributed by atoms with Crippen LogP contribution in [0.4, 0.5) is 0 Å². The molecular weight excluding hydrogens is 314 g/mol. The number of rotatable bonds is 7. The van der Waals surface area contributed by atoms with Crippen molar-refractivity contribution in [1.29, 1.82) is 0 Å². The lowest BCUT2D eigenvalue weighted by Crippen LogP contribution is -2.41. The van der Waals surface area contributed by atoms with E-state index in [0.717, 1.165) is 11.3 Å². The van der Waals surface area contributed by atoms with Crippen molar-refractivity contribution in [2.24, 2.45) is 0 Å². The largest absolute Gasteiger partial charge is 0.494 e. The lowest BCUT2D eigenvalue weighted by molar-refractivity contribution is -0.132. The summed E-state index contributed by atoms with van der Waals surface area (Å²) in [6.07, 6.45) is 1.52. The van der Waals surface area contributed by atoms with Gasteiger partial charge in [0.2, 0.25) is 5.91 Å². The number of aryl methyl sites for hydroxylation is 1. The Morgan fingerprint density at radius 3 is 2.65 bits per heavy atom. The van der Waals surface area contributed by atoms with Crippen molar-refractivity contribution in [2.45, 2.75) is 39.2 Å². The van der Waals surface area contributed by atoms with Gasteiger partial charge in [0, 0.05) is 19.0 Å². The highest BCUT2D eigenvalue weighted by Crippen LogP contribution is 2.22. The van der Waals surface area contributed by atoms with Gasteiger partial charge in [0.05, 0.1) is 18.1 Å². The van der Waals surface area contributed by atoms with Crippen molar-refractivity contribution in [1.82, 2.24) is 4.90 Å². The fraction of sp³-hybridized carbons (Fsp3) is 0.588. The molecule has 1 atom stereocenters. The molecule has 1 aliphatic heterocycles. The van der Waals surface area contributed by atoms with E-state index in [4.69, 9.17) is 4.74 Å². The predicted molar refractivity (Wildman–Crippen MR) is 90.4 cm³/mol. The van der Waals surface area contributed by atoms with Gasteiger partial charge in [-0.25, -0.2) is 8.42 Å². The Kier molecular flexibility index (Phi) is 6.04. The van der Waals surface area contributed by atoms with Crippen LogP contribution in [0.2, 0.25) is 0 Å². The molecule has 0 aliphatic carbocycles. The van der Waals surface area contributed by atoms with Gasteiger partial charge >= 0.3 is 0 Å². The highest BCUT2D eigenvalue weighted by atomic mass is 32.2. The Hall–Kier alpha value is -1.56. The number of hydrogen-bond donors (Lipinski definition) is 0. The summed E-state index contributed by atoms with van der Waals surface area (Å²) in [6.45, 7) is 4.97. The first-order valence-corrected chi connectivity index (χ1v) is 9.99. The van der Waals surface area contributed by atoms with Crippen molar-refractivity contribution in [3.8, 4) is 5.75 Å². The molecule has 0 radical (unpaired) electrons. The van der Waals surface area contributed by atoms with Crippen LogP contribution in [0.1, 0.15) is 32.3 Å². The van der Waals surface area contributed by atoms with Gasteiger partial charge in [-0.3, -0.25) is 4.79 Å². The van der Waals surface area contributed by atoms with E-state index < -0.39 is 9.84 Å². The first-order chi connectivity index (χ1) is 11.0. The van der Waals surface area contributed by atoms with Gasteiger partial charge in [0.15, 0.2) is 9.84 Å². The number of carbonyl (C=O) groups excluding carboxylic acids is 1. The molecule has 1 fully saturated rings. The van der Waals surface area contributed by atoms with Crippen LogP contribution in [0.15, 0.2) is 24.3 Å². The number of amides is 1. The summed E-state index contributed by atoms with van der Waals surface area (Å²) in [5.41, 5.74) is 1.01. The second-order valence-electron chi connectivity index (χ2n) is 5.78. The minimum absolute atomic E-state index is 0.0147. The van der Waals surface area contributed by atoms with Gasteiger partial charge in [0.1, 0.15) is 5.75 Å². The number of hydrogen-bond acceptors (Lipinski definition) is 4. The van der Waals surface area contributed by atoms with Crippen molar-refractivity contribution in [2.75, 3.05) is 24.7 Å². The number of benzene rings is 1. The highest BCUT2D eigenvalue weighted by Gasteiger charge is 2.33. The lowest BCUT2D eigenvalue weighted by atomic mass is 10.1. The summed E-state index contributed by atoms with van der Waals surface area (Å²) in [5, 5.41) is 0. The molecule has 0 unspecified atom stereocenters. The zero-order chi connectivity index (χ0) is 16.9. The normalized spacial score (nSPS) is 19.5. The average Bonchev–Trinajstić information content (AvgIpc) is 2.87. The van der Waals surface area contributed by atoms with Crippen molar-refractivity contribution < 1.29 is 17.9 Å². The minimum atomic E-state index is -2.98. The second kappa shape index (κ2) is 7.81. The summed E-state index contributed by atoms with van der Waals surface area (Å²) in [4.78, 5) is 14.2. The zero-order valence-electron chi connectivity index (χ0n) is 13.8. The zero-order valence-corrected chi connectivity index (χ0v) is 14.6. The number of carbonyl (C=O) groups is 1. The van der Waals surface area contributed by atoms with Crippen LogP contribution in [0.25, 0.3) is 0 Å². The monoisotopic (exact) mass is 339 g/mol. The fourth-order valence-electron chi connectivity index (χ4n) is 3.05. The molecule has 2 rings (SSSR count). The summed E-state index contributed by atoms with van der Waals surface area (Å²) >= 11 is 0. The van der Waals surface area contributed by atoms with E-state index in [1.165, 1.54) is 0 Å². The van der Waals surface area contributed by atoms with Gasteiger partial charge in [-0.05, 0) is 38.3 Å². The van der Waals surface area contributed by atoms with E-state index in [1.54, 1.807) is 4.90 Å². The summed E-state index contributed by atoms with van der Waals surface area (Å²) in [7, 11) is -2.98. The molecule has 1 amide bonds. The van der Waals surface area contributed by atoms with Crippen LogP contribution >= 0.6 is 0 Å². The molecule has 0 spiro atoms. The minimum Gasteiger partial charge on any atom is -0.494 e. The smallest absolute Gasteiger partial charge is 0.223 e. The lowest BCUT2D eigenvalue weighted by Gasteiger charge is -2.27. The van der Waals surface area contributed by atoms with Gasteiger partial charge in [-0.15, -0.1) is 0 Å². The van der Waals surface area contributed by atoms with Crippen molar-refractivity contribution >= 4 is 15.7 Å². The van der Waals surface area contributed by atoms with E-state index in [-0.39, 0.29) is 23.5 Å². The summed E-state index contributed by atoms with van der Waals surface area (Å²) < 4.78 is 28.8. The van der Waals surface area contributed by atoms with Crippen LogP contribution in [0.3, 0.4) is 0 Å². The van der Waals surface area contributed by atoms with Gasteiger partial charge < -0.3 is 9.64 Å². The van der Waals surface area contributed by atoms with E-state index in [2.05, 4.69) is 0 Å². The SMILES string of the molecule is CCOc1ccccc1CCC(=O)N(CC)[C@@H]1CCS(=O)(=O)C1. The summed E-state index contributed by atoms with van der Waals surface area (Å²) in [6, 6.07) is 7.56. The molecule has 5 nitrogen and oxygen atoms in total. The molecule has 6 heteroatoms. The number of ether oxygens (including phenoxy) is 1. The van der Waals surface area contributed by atoms with Crippen molar-refractivity contribution in [3.05, 3.63) is 29.8 Å². The Bertz CT molecular complexity index is 642. The second-order valence-corrected chi connectivity index (χ2v) is 8.01. The Labute approximate surface area is 138 Å². The van der Waals surface area contributed by atoms with Gasteiger partial charge in [-0.2, -0.15) is 0 Å².